The van der Waals surface area contributed by atoms with Crippen molar-refractivity contribution in [3.8, 4) is 0 Å². The molecular weight excluding hydrogens is 174 g/mol. The second-order valence-electron chi connectivity index (χ2n) is 4.89. The molecule has 0 bridgehead atoms. The highest BCUT2D eigenvalue weighted by Gasteiger charge is 2.23. The molecule has 0 aromatic rings. The Morgan fingerprint density at radius 3 is 2.29 bits per heavy atom. The zero-order chi connectivity index (χ0) is 10.6. The number of carbonyl (C=O) groups excluding carboxylic acids is 1. The minimum absolute atomic E-state index is 0.366. The topological polar surface area (TPSA) is 29.1 Å². The van der Waals surface area contributed by atoms with E-state index in [1.54, 1.807) is 6.92 Å². The molecule has 0 saturated heterocycles. The minimum Gasteiger partial charge on any atom is -0.314 e. The van der Waals surface area contributed by atoms with Crippen molar-refractivity contribution in [2.24, 2.45) is 11.8 Å². The third kappa shape index (κ3) is 3.79. The number of carbonyl (C=O) groups is 1. The molecule has 82 valence electrons. The lowest BCUT2D eigenvalue weighted by molar-refractivity contribution is -0.121. The molecule has 1 saturated carbocycles. The van der Waals surface area contributed by atoms with Gasteiger partial charge in [0.15, 0.2) is 0 Å². The molecule has 0 aliphatic heterocycles. The van der Waals surface area contributed by atoms with Gasteiger partial charge in [0.2, 0.25) is 0 Å². The Balaban J connectivity index is 2.19. The highest BCUT2D eigenvalue weighted by molar-refractivity contribution is 5.78. The summed E-state index contributed by atoms with van der Waals surface area (Å²) in [5.41, 5.74) is 0. The van der Waals surface area contributed by atoms with Crippen LogP contribution in [0.25, 0.3) is 0 Å². The summed E-state index contributed by atoms with van der Waals surface area (Å²) < 4.78 is 0. The van der Waals surface area contributed by atoms with E-state index in [1.807, 2.05) is 0 Å². The molecule has 1 aliphatic rings. The van der Waals surface area contributed by atoms with E-state index in [0.29, 0.717) is 17.7 Å². The van der Waals surface area contributed by atoms with Gasteiger partial charge in [0, 0.05) is 12.0 Å². The van der Waals surface area contributed by atoms with Crippen LogP contribution in [0.3, 0.4) is 0 Å². The van der Waals surface area contributed by atoms with Gasteiger partial charge in [-0.25, -0.2) is 0 Å². The number of hydrogen-bond acceptors (Lipinski definition) is 2. The van der Waals surface area contributed by atoms with Crippen molar-refractivity contribution in [2.75, 3.05) is 6.54 Å². The van der Waals surface area contributed by atoms with Gasteiger partial charge in [-0.15, -0.1) is 0 Å². The van der Waals surface area contributed by atoms with E-state index in [1.165, 1.54) is 12.8 Å². The molecule has 0 atom stereocenters. The van der Waals surface area contributed by atoms with E-state index >= 15 is 0 Å². The van der Waals surface area contributed by atoms with Crippen molar-refractivity contribution in [3.63, 3.8) is 0 Å². The Kier molecular flexibility index (Phi) is 4.59. The van der Waals surface area contributed by atoms with Gasteiger partial charge in [0.05, 0.1) is 0 Å². The third-order valence-electron chi connectivity index (χ3n) is 3.24. The van der Waals surface area contributed by atoms with Crippen LogP contribution in [-0.2, 0) is 4.79 Å². The molecule has 0 aromatic heterocycles. The van der Waals surface area contributed by atoms with E-state index in [9.17, 15) is 4.79 Å². The van der Waals surface area contributed by atoms with Gasteiger partial charge in [0.25, 0.3) is 0 Å². The highest BCUT2D eigenvalue weighted by atomic mass is 16.1. The maximum Gasteiger partial charge on any atom is 0.132 e. The molecule has 0 heterocycles. The van der Waals surface area contributed by atoms with Gasteiger partial charge in [-0.3, -0.25) is 4.79 Å². The van der Waals surface area contributed by atoms with Crippen LogP contribution in [-0.4, -0.2) is 18.4 Å². The lowest BCUT2D eigenvalue weighted by Crippen LogP contribution is -2.31. The van der Waals surface area contributed by atoms with Crippen LogP contribution in [0.15, 0.2) is 0 Å². The molecule has 14 heavy (non-hydrogen) atoms. The molecular formula is C12H23NO. The third-order valence-corrected chi connectivity index (χ3v) is 3.24. The summed E-state index contributed by atoms with van der Waals surface area (Å²) in [7, 11) is 0. The lowest BCUT2D eigenvalue weighted by Gasteiger charge is -2.27. The van der Waals surface area contributed by atoms with Crippen molar-refractivity contribution in [3.05, 3.63) is 0 Å². The van der Waals surface area contributed by atoms with Crippen LogP contribution in [0.1, 0.15) is 46.5 Å². The predicted octanol–water partition coefficient (Wildman–Crippen LogP) is 2.38. The maximum atomic E-state index is 11.2. The van der Waals surface area contributed by atoms with Crippen LogP contribution in [0.5, 0.6) is 0 Å². The molecule has 2 heteroatoms. The minimum atomic E-state index is 0.366. The van der Waals surface area contributed by atoms with Gasteiger partial charge in [-0.05, 0) is 45.1 Å². The van der Waals surface area contributed by atoms with Crippen molar-refractivity contribution in [1.29, 1.82) is 0 Å². The maximum absolute atomic E-state index is 11.2. The van der Waals surface area contributed by atoms with Gasteiger partial charge in [0.1, 0.15) is 5.78 Å². The van der Waals surface area contributed by atoms with E-state index in [4.69, 9.17) is 0 Å². The molecule has 1 fully saturated rings. The van der Waals surface area contributed by atoms with Crippen LogP contribution in [0.2, 0.25) is 0 Å². The van der Waals surface area contributed by atoms with Crippen LogP contribution in [0, 0.1) is 11.8 Å². The second-order valence-corrected chi connectivity index (χ2v) is 4.89. The average Bonchev–Trinajstić information content (AvgIpc) is 2.15. The van der Waals surface area contributed by atoms with Gasteiger partial charge >= 0.3 is 0 Å². The fourth-order valence-corrected chi connectivity index (χ4v) is 2.18. The number of hydrogen-bond donors (Lipinski definition) is 1. The average molecular weight is 197 g/mol. The highest BCUT2D eigenvalue weighted by Crippen LogP contribution is 2.28. The first kappa shape index (κ1) is 11.7. The monoisotopic (exact) mass is 197 g/mol. The normalized spacial score (nSPS) is 28.0. The molecule has 0 amide bonds. The summed E-state index contributed by atoms with van der Waals surface area (Å²) in [6.07, 6.45) is 4.67. The Hall–Kier alpha value is -0.370. The Morgan fingerprint density at radius 2 is 1.86 bits per heavy atom. The Morgan fingerprint density at radius 1 is 1.29 bits per heavy atom. The zero-order valence-corrected chi connectivity index (χ0v) is 9.68. The summed E-state index contributed by atoms with van der Waals surface area (Å²) in [6, 6.07) is 0.584. The number of ketones is 1. The van der Waals surface area contributed by atoms with E-state index < -0.39 is 0 Å². The molecule has 1 rings (SSSR count). The smallest absolute Gasteiger partial charge is 0.132 e. The number of nitrogens with one attached hydrogen (secondary N) is 1. The quantitative estimate of drug-likeness (QED) is 0.749. The van der Waals surface area contributed by atoms with E-state index in [-0.39, 0.29) is 0 Å². The predicted molar refractivity (Wildman–Crippen MR) is 59.3 cm³/mol. The summed E-state index contributed by atoms with van der Waals surface area (Å²) in [6.45, 7) is 7.22. The van der Waals surface area contributed by atoms with Crippen molar-refractivity contribution in [1.82, 2.24) is 5.32 Å². The standard InChI is InChI=1S/C12H23NO/c1-9(2)13-8-11-4-6-12(7-5-11)10(3)14/h9,11-13H,4-8H2,1-3H3. The van der Waals surface area contributed by atoms with Gasteiger partial charge in [-0.1, -0.05) is 13.8 Å². The first-order chi connectivity index (χ1) is 6.59. The number of rotatable bonds is 4. The van der Waals surface area contributed by atoms with Crippen LogP contribution >= 0.6 is 0 Å². The Labute approximate surface area is 87.5 Å². The fraction of sp³-hybridized carbons (Fsp3) is 0.917. The van der Waals surface area contributed by atoms with Gasteiger partial charge < -0.3 is 5.32 Å². The molecule has 0 aromatic carbocycles. The molecule has 0 spiro atoms. The summed E-state index contributed by atoms with van der Waals surface area (Å²) in [5.74, 6) is 1.55. The molecule has 1 aliphatic carbocycles. The van der Waals surface area contributed by atoms with E-state index in [2.05, 4.69) is 19.2 Å². The molecule has 0 radical (unpaired) electrons. The SMILES string of the molecule is CC(=O)C1CCC(CNC(C)C)CC1. The van der Waals surface area contributed by atoms with Crippen LogP contribution in [0.4, 0.5) is 0 Å². The second kappa shape index (κ2) is 5.50. The lowest BCUT2D eigenvalue weighted by atomic mass is 9.80. The summed E-state index contributed by atoms with van der Waals surface area (Å²) >= 11 is 0. The van der Waals surface area contributed by atoms with Crippen molar-refractivity contribution in [2.45, 2.75) is 52.5 Å². The number of Topliss-reactive ketones (excluding diaryl/α,β-unsaturated/α-hetero) is 1. The Bertz CT molecular complexity index is 181. The zero-order valence-electron chi connectivity index (χ0n) is 9.68. The molecule has 0 unspecified atom stereocenters. The largest absolute Gasteiger partial charge is 0.314 e. The van der Waals surface area contributed by atoms with E-state index in [0.717, 1.165) is 25.3 Å². The summed E-state index contributed by atoms with van der Waals surface area (Å²) in [4.78, 5) is 11.2. The van der Waals surface area contributed by atoms with Gasteiger partial charge in [-0.2, -0.15) is 0 Å². The van der Waals surface area contributed by atoms with Crippen molar-refractivity contribution < 1.29 is 4.79 Å². The first-order valence-electron chi connectivity index (χ1n) is 5.83. The summed E-state index contributed by atoms with van der Waals surface area (Å²) in [5, 5.41) is 3.47. The first-order valence-corrected chi connectivity index (χ1v) is 5.83. The molecule has 2 nitrogen and oxygen atoms in total. The van der Waals surface area contributed by atoms with Crippen LogP contribution < -0.4 is 5.32 Å². The molecule has 1 N–H and O–H groups in total. The fourth-order valence-electron chi connectivity index (χ4n) is 2.18. The van der Waals surface area contributed by atoms with Crippen molar-refractivity contribution >= 4 is 5.78 Å².